The third-order valence-electron chi connectivity index (χ3n) is 7.49. The van der Waals surface area contributed by atoms with Crippen LogP contribution in [0.25, 0.3) is 77.4 Å². The number of benzene rings is 6. The van der Waals surface area contributed by atoms with E-state index in [-0.39, 0.29) is 0 Å². The smallest absolute Gasteiger partial charge is 0.231 e. The van der Waals surface area contributed by atoms with Crippen molar-refractivity contribution in [2.24, 2.45) is 0 Å². The highest BCUT2D eigenvalue weighted by molar-refractivity contribution is 6.31. The van der Waals surface area contributed by atoms with E-state index in [1.807, 2.05) is 36.4 Å². The largest absolute Gasteiger partial charge is 0.437 e. The quantitative estimate of drug-likeness (QED) is 0.228. The second-order valence-electron chi connectivity index (χ2n) is 9.79. The van der Waals surface area contributed by atoms with Gasteiger partial charge < -0.3 is 4.42 Å². The maximum Gasteiger partial charge on any atom is 0.231 e. The number of hydrogen-bond acceptors (Lipinski definition) is 3. The minimum absolute atomic E-state index is 0.598. The zero-order chi connectivity index (χ0) is 25.8. The molecule has 0 aliphatic carbocycles. The lowest BCUT2D eigenvalue weighted by atomic mass is 9.95. The van der Waals surface area contributed by atoms with Gasteiger partial charge in [-0.15, -0.1) is 0 Å². The molecule has 0 fully saturated rings. The van der Waals surface area contributed by atoms with E-state index in [0.29, 0.717) is 11.5 Å². The highest BCUT2D eigenvalue weighted by Gasteiger charge is 2.22. The highest BCUT2D eigenvalue weighted by atomic mass is 16.3. The van der Waals surface area contributed by atoms with Gasteiger partial charge in [0, 0.05) is 21.9 Å². The minimum Gasteiger partial charge on any atom is -0.437 e. The average Bonchev–Trinajstić information content (AvgIpc) is 3.42. The van der Waals surface area contributed by atoms with Gasteiger partial charge in [0.25, 0.3) is 0 Å². The predicted octanol–water partition coefficient (Wildman–Crippen LogP) is 9.68. The van der Waals surface area contributed by atoms with Crippen LogP contribution < -0.4 is 0 Å². The summed E-state index contributed by atoms with van der Waals surface area (Å²) in [6.07, 6.45) is 0. The maximum atomic E-state index is 6.66. The molecule has 2 aromatic heterocycles. The SMILES string of the molecule is c1ccc(-c2cccc(-c3nc(-c4ccccc4)nc4oc5c6ccccc6c6ccccc6c5c34)c2)cc1. The fraction of sp³-hybridized carbons (Fsp3) is 0. The second kappa shape index (κ2) is 8.64. The Balaban J connectivity index is 1.53. The fourth-order valence-electron chi connectivity index (χ4n) is 5.70. The van der Waals surface area contributed by atoms with Gasteiger partial charge in [0.05, 0.1) is 11.1 Å². The predicted molar refractivity (Wildman–Crippen MR) is 161 cm³/mol. The van der Waals surface area contributed by atoms with Gasteiger partial charge in [0.15, 0.2) is 5.82 Å². The van der Waals surface area contributed by atoms with Crippen LogP contribution in [0.3, 0.4) is 0 Å². The monoisotopic (exact) mass is 498 g/mol. The Morgan fingerprint density at radius 3 is 1.72 bits per heavy atom. The van der Waals surface area contributed by atoms with E-state index >= 15 is 0 Å². The molecule has 0 saturated heterocycles. The zero-order valence-corrected chi connectivity index (χ0v) is 21.0. The van der Waals surface area contributed by atoms with Crippen molar-refractivity contribution in [1.82, 2.24) is 9.97 Å². The molecule has 0 spiro atoms. The molecule has 39 heavy (non-hydrogen) atoms. The summed E-state index contributed by atoms with van der Waals surface area (Å²) in [6.45, 7) is 0. The van der Waals surface area contributed by atoms with Crippen LogP contribution in [-0.4, -0.2) is 9.97 Å². The lowest BCUT2D eigenvalue weighted by Gasteiger charge is -2.10. The van der Waals surface area contributed by atoms with E-state index in [2.05, 4.69) is 97.1 Å². The molecular formula is C36H22N2O. The number of nitrogens with zero attached hydrogens (tertiary/aromatic N) is 2. The minimum atomic E-state index is 0.598. The molecule has 0 amide bonds. The molecule has 0 bridgehead atoms. The van der Waals surface area contributed by atoms with Crippen molar-refractivity contribution in [3.05, 3.63) is 133 Å². The van der Waals surface area contributed by atoms with Crippen molar-refractivity contribution >= 4 is 43.6 Å². The van der Waals surface area contributed by atoms with Crippen molar-refractivity contribution < 1.29 is 4.42 Å². The molecule has 3 heteroatoms. The van der Waals surface area contributed by atoms with Gasteiger partial charge in [-0.1, -0.05) is 127 Å². The molecule has 0 atom stereocenters. The van der Waals surface area contributed by atoms with Crippen LogP contribution in [0.2, 0.25) is 0 Å². The summed E-state index contributed by atoms with van der Waals surface area (Å²) in [4.78, 5) is 10.2. The molecule has 0 N–H and O–H groups in total. The number of rotatable bonds is 3. The maximum absolute atomic E-state index is 6.66. The van der Waals surface area contributed by atoms with E-state index in [1.54, 1.807) is 0 Å². The van der Waals surface area contributed by atoms with Crippen LogP contribution in [0.15, 0.2) is 138 Å². The summed E-state index contributed by atoms with van der Waals surface area (Å²) in [7, 11) is 0. The summed E-state index contributed by atoms with van der Waals surface area (Å²) >= 11 is 0. The molecule has 0 aliphatic heterocycles. The first-order valence-electron chi connectivity index (χ1n) is 13.1. The lowest BCUT2D eigenvalue weighted by molar-refractivity contribution is 0.657. The summed E-state index contributed by atoms with van der Waals surface area (Å²) in [6, 6.07) is 46.1. The average molecular weight is 499 g/mol. The third-order valence-corrected chi connectivity index (χ3v) is 7.49. The molecular weight excluding hydrogens is 476 g/mol. The first-order chi connectivity index (χ1) is 19.3. The summed E-state index contributed by atoms with van der Waals surface area (Å²) in [5, 5.41) is 6.58. The van der Waals surface area contributed by atoms with Gasteiger partial charge >= 0.3 is 0 Å². The molecule has 3 nitrogen and oxygen atoms in total. The molecule has 8 rings (SSSR count). The standard InChI is InChI=1S/C36H22N2O/c1-3-12-23(13-4-1)25-16-11-17-26(22-25)33-32-31-29-20-9-7-18-27(29)28-19-8-10-21-30(28)34(31)39-36(32)38-35(37-33)24-14-5-2-6-15-24/h1-22H. The van der Waals surface area contributed by atoms with E-state index in [0.717, 1.165) is 49.5 Å². The Bertz CT molecular complexity index is 2160. The molecule has 2 heterocycles. The Morgan fingerprint density at radius 2 is 0.974 bits per heavy atom. The van der Waals surface area contributed by atoms with Crippen LogP contribution in [0.4, 0.5) is 0 Å². The van der Waals surface area contributed by atoms with Crippen LogP contribution in [0, 0.1) is 0 Å². The van der Waals surface area contributed by atoms with Crippen LogP contribution in [0.1, 0.15) is 0 Å². The first-order valence-corrected chi connectivity index (χ1v) is 13.1. The molecule has 6 aromatic carbocycles. The van der Waals surface area contributed by atoms with Crippen molar-refractivity contribution in [2.75, 3.05) is 0 Å². The second-order valence-corrected chi connectivity index (χ2v) is 9.79. The van der Waals surface area contributed by atoms with Crippen LogP contribution >= 0.6 is 0 Å². The topological polar surface area (TPSA) is 38.9 Å². The molecule has 0 saturated carbocycles. The normalized spacial score (nSPS) is 11.6. The number of furan rings is 1. The van der Waals surface area contributed by atoms with Crippen LogP contribution in [-0.2, 0) is 0 Å². The lowest BCUT2D eigenvalue weighted by Crippen LogP contribution is -1.94. The van der Waals surface area contributed by atoms with Gasteiger partial charge in [0.1, 0.15) is 5.58 Å². The zero-order valence-electron chi connectivity index (χ0n) is 21.0. The van der Waals surface area contributed by atoms with E-state index in [1.165, 1.54) is 16.3 Å². The van der Waals surface area contributed by atoms with E-state index < -0.39 is 0 Å². The highest BCUT2D eigenvalue weighted by Crippen LogP contribution is 2.44. The molecule has 0 unspecified atom stereocenters. The first kappa shape index (κ1) is 21.8. The van der Waals surface area contributed by atoms with Gasteiger partial charge in [0.2, 0.25) is 5.71 Å². The molecule has 8 aromatic rings. The van der Waals surface area contributed by atoms with Crippen LogP contribution in [0.5, 0.6) is 0 Å². The Morgan fingerprint density at radius 1 is 0.410 bits per heavy atom. The van der Waals surface area contributed by atoms with Crippen molar-refractivity contribution in [3.8, 4) is 33.8 Å². The summed E-state index contributed by atoms with van der Waals surface area (Å²) in [5.41, 5.74) is 6.61. The Kier molecular flexibility index (Phi) is 4.82. The number of hydrogen-bond donors (Lipinski definition) is 0. The Labute approximate surface area is 225 Å². The Hall–Kier alpha value is -5.28. The fourth-order valence-corrected chi connectivity index (χ4v) is 5.70. The van der Waals surface area contributed by atoms with Gasteiger partial charge in [-0.2, -0.15) is 4.98 Å². The van der Waals surface area contributed by atoms with Crippen molar-refractivity contribution in [3.63, 3.8) is 0 Å². The summed E-state index contributed by atoms with van der Waals surface area (Å²) in [5.74, 6) is 0.649. The van der Waals surface area contributed by atoms with E-state index in [9.17, 15) is 0 Å². The van der Waals surface area contributed by atoms with Crippen molar-refractivity contribution in [1.29, 1.82) is 0 Å². The van der Waals surface area contributed by atoms with E-state index in [4.69, 9.17) is 14.4 Å². The number of fused-ring (bicyclic) bond motifs is 8. The van der Waals surface area contributed by atoms with Crippen molar-refractivity contribution in [2.45, 2.75) is 0 Å². The molecule has 182 valence electrons. The van der Waals surface area contributed by atoms with Gasteiger partial charge in [-0.25, -0.2) is 4.98 Å². The molecule has 0 aliphatic rings. The molecule has 0 radical (unpaired) electrons. The third kappa shape index (κ3) is 3.44. The van der Waals surface area contributed by atoms with Gasteiger partial charge in [-0.05, 0) is 33.4 Å². The van der Waals surface area contributed by atoms with Gasteiger partial charge in [-0.3, -0.25) is 0 Å². The summed E-state index contributed by atoms with van der Waals surface area (Å²) < 4.78 is 6.66. The number of aromatic nitrogens is 2.